The summed E-state index contributed by atoms with van der Waals surface area (Å²) in [6.45, 7) is 2.11. The number of rotatable bonds is 4. The number of hydrogen-bond donors (Lipinski definition) is 2. The van der Waals surface area contributed by atoms with E-state index in [4.69, 9.17) is 5.11 Å². The molecule has 0 aliphatic heterocycles. The van der Waals surface area contributed by atoms with E-state index in [-0.39, 0.29) is 5.56 Å². The van der Waals surface area contributed by atoms with Crippen molar-refractivity contribution in [2.45, 2.75) is 19.8 Å². The first-order valence-corrected chi connectivity index (χ1v) is 5.58. The molecule has 4 heteroatoms. The van der Waals surface area contributed by atoms with Crippen LogP contribution in [-0.4, -0.2) is 21.0 Å². The van der Waals surface area contributed by atoms with Crippen LogP contribution in [0.3, 0.4) is 0 Å². The average Bonchev–Trinajstić information content (AvgIpc) is 2.78. The minimum atomic E-state index is -0.914. The number of aromatic nitrogens is 2. The van der Waals surface area contributed by atoms with Crippen LogP contribution in [0.4, 0.5) is 0 Å². The van der Waals surface area contributed by atoms with E-state index in [0.29, 0.717) is 0 Å². The number of hydrogen-bond acceptors (Lipinski definition) is 2. The molecular weight excluding hydrogens is 216 g/mol. The van der Waals surface area contributed by atoms with E-state index in [2.05, 4.69) is 16.9 Å². The molecule has 0 radical (unpaired) electrons. The lowest BCUT2D eigenvalue weighted by atomic mass is 10.1. The lowest BCUT2D eigenvalue weighted by Crippen LogP contribution is -1.95. The van der Waals surface area contributed by atoms with Crippen molar-refractivity contribution in [3.05, 3.63) is 41.7 Å². The first-order chi connectivity index (χ1) is 8.20. The molecule has 0 aliphatic carbocycles. The van der Waals surface area contributed by atoms with Crippen molar-refractivity contribution in [3.63, 3.8) is 0 Å². The third-order valence-electron chi connectivity index (χ3n) is 2.55. The molecule has 17 heavy (non-hydrogen) atoms. The number of nitrogens with one attached hydrogen (secondary N) is 1. The first-order valence-electron chi connectivity index (χ1n) is 5.58. The molecule has 0 amide bonds. The van der Waals surface area contributed by atoms with Gasteiger partial charge in [-0.1, -0.05) is 25.5 Å². The third-order valence-corrected chi connectivity index (χ3v) is 2.55. The largest absolute Gasteiger partial charge is 0.478 e. The zero-order chi connectivity index (χ0) is 12.3. The van der Waals surface area contributed by atoms with Crippen LogP contribution in [0.1, 0.15) is 29.4 Å². The van der Waals surface area contributed by atoms with Crippen molar-refractivity contribution in [2.75, 3.05) is 0 Å². The highest BCUT2D eigenvalue weighted by atomic mass is 16.4. The number of imidazole rings is 1. The zero-order valence-corrected chi connectivity index (χ0v) is 9.60. The number of carboxylic acids is 1. The van der Waals surface area contributed by atoms with Gasteiger partial charge >= 0.3 is 5.97 Å². The molecule has 88 valence electrons. The normalized spacial score (nSPS) is 10.4. The first kappa shape index (κ1) is 11.4. The standard InChI is InChI=1S/C13H14N2O2/c1-2-3-11-8-14-12(15-11)9-4-6-10(7-5-9)13(16)17/h4-8H,2-3H2,1H3,(H,14,15)(H,16,17). The van der Waals surface area contributed by atoms with E-state index < -0.39 is 5.97 Å². The molecule has 0 spiro atoms. The van der Waals surface area contributed by atoms with Crippen molar-refractivity contribution >= 4 is 5.97 Å². The third kappa shape index (κ3) is 2.53. The Balaban J connectivity index is 2.23. The molecule has 1 aromatic carbocycles. The van der Waals surface area contributed by atoms with Crippen LogP contribution >= 0.6 is 0 Å². The molecule has 0 bridgehead atoms. The van der Waals surface area contributed by atoms with Crippen molar-refractivity contribution in [1.82, 2.24) is 9.97 Å². The summed E-state index contributed by atoms with van der Waals surface area (Å²) in [5, 5.41) is 8.80. The average molecular weight is 230 g/mol. The summed E-state index contributed by atoms with van der Waals surface area (Å²) in [7, 11) is 0. The number of aromatic amines is 1. The minimum absolute atomic E-state index is 0.286. The second-order valence-corrected chi connectivity index (χ2v) is 3.89. The Bertz CT molecular complexity index is 514. The Labute approximate surface area is 99.3 Å². The van der Waals surface area contributed by atoms with Gasteiger partial charge in [-0.2, -0.15) is 0 Å². The molecular formula is C13H14N2O2. The van der Waals surface area contributed by atoms with E-state index in [1.807, 2.05) is 6.20 Å². The quantitative estimate of drug-likeness (QED) is 0.848. The maximum Gasteiger partial charge on any atom is 0.335 e. The van der Waals surface area contributed by atoms with Gasteiger partial charge in [-0.15, -0.1) is 0 Å². The summed E-state index contributed by atoms with van der Waals surface area (Å²) >= 11 is 0. The molecule has 1 aromatic heterocycles. The number of benzene rings is 1. The van der Waals surface area contributed by atoms with Gasteiger partial charge in [0.2, 0.25) is 0 Å². The molecule has 0 saturated heterocycles. The Morgan fingerprint density at radius 2 is 2.06 bits per heavy atom. The summed E-state index contributed by atoms with van der Waals surface area (Å²) in [4.78, 5) is 18.2. The maximum absolute atomic E-state index is 10.7. The highest BCUT2D eigenvalue weighted by Gasteiger charge is 2.05. The number of nitrogens with zero attached hydrogens (tertiary/aromatic N) is 1. The van der Waals surface area contributed by atoms with Crippen LogP contribution in [0.15, 0.2) is 30.5 Å². The zero-order valence-electron chi connectivity index (χ0n) is 9.60. The van der Waals surface area contributed by atoms with Crippen LogP contribution in [0.2, 0.25) is 0 Å². The van der Waals surface area contributed by atoms with Crippen LogP contribution in [0.25, 0.3) is 11.4 Å². The van der Waals surface area contributed by atoms with E-state index in [0.717, 1.165) is 29.9 Å². The molecule has 0 saturated carbocycles. The predicted molar refractivity (Wildman–Crippen MR) is 65.0 cm³/mol. The Kier molecular flexibility index (Phi) is 3.23. The summed E-state index contributed by atoms with van der Waals surface area (Å²) < 4.78 is 0. The van der Waals surface area contributed by atoms with Gasteiger partial charge in [0.15, 0.2) is 0 Å². The van der Waals surface area contributed by atoms with E-state index in [1.165, 1.54) is 0 Å². The number of aryl methyl sites for hydroxylation is 1. The van der Waals surface area contributed by atoms with Gasteiger partial charge in [0.1, 0.15) is 5.82 Å². The van der Waals surface area contributed by atoms with Crippen molar-refractivity contribution < 1.29 is 9.90 Å². The SMILES string of the molecule is CCCc1cnc(-c2ccc(C(=O)O)cc2)[nH]1. The van der Waals surface area contributed by atoms with Crippen LogP contribution in [-0.2, 0) is 6.42 Å². The van der Waals surface area contributed by atoms with Crippen LogP contribution in [0.5, 0.6) is 0 Å². The van der Waals surface area contributed by atoms with E-state index in [1.54, 1.807) is 24.3 Å². The number of aromatic carboxylic acids is 1. The van der Waals surface area contributed by atoms with Gasteiger partial charge in [0.05, 0.1) is 5.56 Å². The van der Waals surface area contributed by atoms with Gasteiger partial charge in [-0.05, 0) is 18.6 Å². The molecule has 2 N–H and O–H groups in total. The minimum Gasteiger partial charge on any atom is -0.478 e. The Hall–Kier alpha value is -2.10. The lowest BCUT2D eigenvalue weighted by molar-refractivity contribution is 0.0697. The molecule has 0 atom stereocenters. The Morgan fingerprint density at radius 3 is 2.65 bits per heavy atom. The molecule has 2 aromatic rings. The number of H-pyrrole nitrogens is 1. The van der Waals surface area contributed by atoms with Crippen molar-refractivity contribution in [3.8, 4) is 11.4 Å². The fourth-order valence-corrected chi connectivity index (χ4v) is 1.67. The molecule has 0 unspecified atom stereocenters. The monoisotopic (exact) mass is 230 g/mol. The number of carboxylic acid groups (broad SMARTS) is 1. The summed E-state index contributed by atoms with van der Waals surface area (Å²) in [5.41, 5.74) is 2.29. The second kappa shape index (κ2) is 4.82. The van der Waals surface area contributed by atoms with Gasteiger partial charge in [-0.3, -0.25) is 0 Å². The van der Waals surface area contributed by atoms with Crippen LogP contribution < -0.4 is 0 Å². The predicted octanol–water partition coefficient (Wildman–Crippen LogP) is 2.73. The summed E-state index contributed by atoms with van der Waals surface area (Å²) in [5.74, 6) is -0.131. The smallest absolute Gasteiger partial charge is 0.335 e. The molecule has 2 rings (SSSR count). The van der Waals surface area contributed by atoms with Crippen molar-refractivity contribution in [1.29, 1.82) is 0 Å². The van der Waals surface area contributed by atoms with Gasteiger partial charge < -0.3 is 10.1 Å². The van der Waals surface area contributed by atoms with E-state index >= 15 is 0 Å². The summed E-state index contributed by atoms with van der Waals surface area (Å²) in [6.07, 6.45) is 3.86. The van der Waals surface area contributed by atoms with E-state index in [9.17, 15) is 4.79 Å². The molecule has 0 aliphatic rings. The highest BCUT2D eigenvalue weighted by Crippen LogP contribution is 2.17. The fourth-order valence-electron chi connectivity index (χ4n) is 1.67. The molecule has 1 heterocycles. The molecule has 0 fully saturated rings. The van der Waals surface area contributed by atoms with Crippen molar-refractivity contribution in [2.24, 2.45) is 0 Å². The topological polar surface area (TPSA) is 66.0 Å². The van der Waals surface area contributed by atoms with Crippen LogP contribution in [0, 0.1) is 0 Å². The Morgan fingerprint density at radius 1 is 1.35 bits per heavy atom. The number of carbonyl (C=O) groups is 1. The molecule has 4 nitrogen and oxygen atoms in total. The summed E-state index contributed by atoms with van der Waals surface area (Å²) in [6, 6.07) is 6.69. The second-order valence-electron chi connectivity index (χ2n) is 3.89. The lowest BCUT2D eigenvalue weighted by Gasteiger charge is -1.98. The van der Waals surface area contributed by atoms with Gasteiger partial charge in [-0.25, -0.2) is 9.78 Å². The van der Waals surface area contributed by atoms with Gasteiger partial charge in [0.25, 0.3) is 0 Å². The maximum atomic E-state index is 10.7. The van der Waals surface area contributed by atoms with Gasteiger partial charge in [0, 0.05) is 17.5 Å². The highest BCUT2D eigenvalue weighted by molar-refractivity contribution is 5.88. The fraction of sp³-hybridized carbons (Fsp3) is 0.231.